The molecule has 0 bridgehead atoms. The summed E-state index contributed by atoms with van der Waals surface area (Å²) in [5.41, 5.74) is 1.66. The number of amides is 1. The van der Waals surface area contributed by atoms with Gasteiger partial charge in [-0.25, -0.2) is 0 Å². The van der Waals surface area contributed by atoms with Gasteiger partial charge in [-0.2, -0.15) is 0 Å². The van der Waals surface area contributed by atoms with Crippen molar-refractivity contribution in [2.45, 2.75) is 26.7 Å². The van der Waals surface area contributed by atoms with Crippen molar-refractivity contribution in [2.75, 3.05) is 5.32 Å². The number of nitrogens with one attached hydrogen (secondary N) is 1. The van der Waals surface area contributed by atoms with Crippen LogP contribution in [0.3, 0.4) is 0 Å². The first-order valence-electron chi connectivity index (χ1n) is 4.76. The average molecular weight is 190 g/mol. The summed E-state index contributed by atoms with van der Waals surface area (Å²) in [6.45, 7) is 6.17. The molecule has 0 spiro atoms. The van der Waals surface area contributed by atoms with Crippen molar-refractivity contribution >= 4 is 11.6 Å². The number of aromatic nitrogens is 1. The molecule has 1 unspecified atom stereocenters. The van der Waals surface area contributed by atoms with E-state index in [0.29, 0.717) is 0 Å². The van der Waals surface area contributed by atoms with E-state index in [1.54, 1.807) is 6.20 Å². The summed E-state index contributed by atoms with van der Waals surface area (Å²) in [5, 5.41) is 2.85. The standard InChI is InChI=1S/C11H14N2O/c1-11(2,3)8-9-7(13-10(8)14)5-4-6-12-9/h4-6,8H,1-3H3,(H,13,14). The highest BCUT2D eigenvalue weighted by molar-refractivity contribution is 6.02. The van der Waals surface area contributed by atoms with Crippen LogP contribution in [0, 0.1) is 5.41 Å². The Labute approximate surface area is 83.5 Å². The normalized spacial score (nSPS) is 20.5. The maximum atomic E-state index is 11.7. The zero-order chi connectivity index (χ0) is 10.3. The molecule has 74 valence electrons. The topological polar surface area (TPSA) is 42.0 Å². The molecule has 3 heteroatoms. The van der Waals surface area contributed by atoms with Gasteiger partial charge in [-0.15, -0.1) is 0 Å². The number of pyridine rings is 1. The minimum absolute atomic E-state index is 0.0613. The van der Waals surface area contributed by atoms with Crippen LogP contribution in [0.25, 0.3) is 0 Å². The molecule has 0 saturated carbocycles. The Morgan fingerprint density at radius 2 is 2.14 bits per heavy atom. The largest absolute Gasteiger partial charge is 0.324 e. The molecular formula is C11H14N2O. The predicted molar refractivity (Wildman–Crippen MR) is 55.1 cm³/mol. The van der Waals surface area contributed by atoms with E-state index in [4.69, 9.17) is 0 Å². The first-order chi connectivity index (χ1) is 6.50. The van der Waals surface area contributed by atoms with Gasteiger partial charge in [0.2, 0.25) is 5.91 Å². The van der Waals surface area contributed by atoms with Gasteiger partial charge in [0.05, 0.1) is 17.3 Å². The van der Waals surface area contributed by atoms with Gasteiger partial charge in [-0.05, 0) is 17.5 Å². The Bertz CT molecular complexity index is 379. The summed E-state index contributed by atoms with van der Waals surface area (Å²) in [6.07, 6.45) is 1.73. The minimum Gasteiger partial charge on any atom is -0.324 e. The van der Waals surface area contributed by atoms with Crippen LogP contribution in [-0.4, -0.2) is 10.9 Å². The van der Waals surface area contributed by atoms with Gasteiger partial charge in [-0.3, -0.25) is 9.78 Å². The number of hydrogen-bond acceptors (Lipinski definition) is 2. The molecule has 1 atom stereocenters. The second kappa shape index (κ2) is 2.80. The van der Waals surface area contributed by atoms with E-state index in [1.165, 1.54) is 0 Å². The molecule has 1 amide bonds. The average Bonchev–Trinajstić information content (AvgIpc) is 2.38. The van der Waals surface area contributed by atoms with Crippen LogP contribution in [0.2, 0.25) is 0 Å². The zero-order valence-corrected chi connectivity index (χ0v) is 8.66. The van der Waals surface area contributed by atoms with E-state index < -0.39 is 0 Å². The van der Waals surface area contributed by atoms with Gasteiger partial charge in [0, 0.05) is 6.20 Å². The van der Waals surface area contributed by atoms with E-state index in [0.717, 1.165) is 11.4 Å². The summed E-state index contributed by atoms with van der Waals surface area (Å²) in [5.74, 6) is -0.0649. The SMILES string of the molecule is CC(C)(C)C1C(=O)Nc2cccnc21. The molecule has 0 fully saturated rings. The molecule has 1 aliphatic rings. The van der Waals surface area contributed by atoms with Crippen LogP contribution in [0.4, 0.5) is 5.69 Å². The number of carbonyl (C=O) groups excluding carboxylic acids is 1. The third-order valence-electron chi connectivity index (χ3n) is 2.50. The van der Waals surface area contributed by atoms with Crippen LogP contribution in [0.5, 0.6) is 0 Å². The molecule has 1 aromatic rings. The van der Waals surface area contributed by atoms with E-state index in [-0.39, 0.29) is 17.2 Å². The zero-order valence-electron chi connectivity index (χ0n) is 8.66. The van der Waals surface area contributed by atoms with Gasteiger partial charge < -0.3 is 5.32 Å². The summed E-state index contributed by atoms with van der Waals surface area (Å²) in [4.78, 5) is 16.0. The molecular weight excluding hydrogens is 176 g/mol. The highest BCUT2D eigenvalue weighted by Crippen LogP contribution is 2.41. The van der Waals surface area contributed by atoms with Crippen LogP contribution >= 0.6 is 0 Å². The first-order valence-corrected chi connectivity index (χ1v) is 4.76. The quantitative estimate of drug-likeness (QED) is 0.681. The second-order valence-corrected chi connectivity index (χ2v) is 4.72. The van der Waals surface area contributed by atoms with Crippen molar-refractivity contribution in [3.8, 4) is 0 Å². The molecule has 0 radical (unpaired) electrons. The van der Waals surface area contributed by atoms with E-state index in [9.17, 15) is 4.79 Å². The lowest BCUT2D eigenvalue weighted by Crippen LogP contribution is -2.25. The lowest BCUT2D eigenvalue weighted by molar-refractivity contribution is -0.119. The van der Waals surface area contributed by atoms with Crippen molar-refractivity contribution < 1.29 is 4.79 Å². The predicted octanol–water partition coefficient (Wildman–Crippen LogP) is 2.16. The highest BCUT2D eigenvalue weighted by atomic mass is 16.2. The fourth-order valence-corrected chi connectivity index (χ4v) is 1.89. The molecule has 3 nitrogen and oxygen atoms in total. The van der Waals surface area contributed by atoms with Gasteiger partial charge in [0.25, 0.3) is 0 Å². The third kappa shape index (κ3) is 1.29. The molecule has 1 N–H and O–H groups in total. The third-order valence-corrected chi connectivity index (χ3v) is 2.50. The molecule has 0 saturated heterocycles. The van der Waals surface area contributed by atoms with E-state index >= 15 is 0 Å². The maximum absolute atomic E-state index is 11.7. The molecule has 2 heterocycles. The van der Waals surface area contributed by atoms with Crippen molar-refractivity contribution in [3.63, 3.8) is 0 Å². The second-order valence-electron chi connectivity index (χ2n) is 4.72. The minimum atomic E-state index is -0.126. The lowest BCUT2D eigenvalue weighted by atomic mass is 9.79. The van der Waals surface area contributed by atoms with Gasteiger partial charge >= 0.3 is 0 Å². The summed E-state index contributed by atoms with van der Waals surface area (Å²) >= 11 is 0. The summed E-state index contributed by atoms with van der Waals surface area (Å²) in [6, 6.07) is 3.73. The number of fused-ring (bicyclic) bond motifs is 1. The Balaban J connectivity index is 2.50. The monoisotopic (exact) mass is 190 g/mol. The Morgan fingerprint density at radius 3 is 2.79 bits per heavy atom. The number of anilines is 1. The number of carbonyl (C=O) groups is 1. The molecule has 14 heavy (non-hydrogen) atoms. The highest BCUT2D eigenvalue weighted by Gasteiger charge is 2.40. The molecule has 0 aromatic carbocycles. The van der Waals surface area contributed by atoms with Crippen molar-refractivity contribution in [1.29, 1.82) is 0 Å². The maximum Gasteiger partial charge on any atom is 0.234 e. The molecule has 1 aromatic heterocycles. The summed E-state index contributed by atoms with van der Waals surface area (Å²) < 4.78 is 0. The van der Waals surface area contributed by atoms with Gasteiger partial charge in [-0.1, -0.05) is 20.8 Å². The smallest absolute Gasteiger partial charge is 0.234 e. The fourth-order valence-electron chi connectivity index (χ4n) is 1.89. The van der Waals surface area contributed by atoms with Gasteiger partial charge in [0.15, 0.2) is 0 Å². The van der Waals surface area contributed by atoms with Crippen LogP contribution in [0.1, 0.15) is 32.4 Å². The van der Waals surface area contributed by atoms with E-state index in [1.807, 2.05) is 12.1 Å². The molecule has 2 rings (SSSR count). The summed E-state index contributed by atoms with van der Waals surface area (Å²) in [7, 11) is 0. The molecule has 1 aliphatic heterocycles. The Kier molecular flexibility index (Phi) is 1.84. The van der Waals surface area contributed by atoms with Crippen LogP contribution in [0.15, 0.2) is 18.3 Å². The number of hydrogen-bond donors (Lipinski definition) is 1. The van der Waals surface area contributed by atoms with Crippen LogP contribution in [-0.2, 0) is 4.79 Å². The van der Waals surface area contributed by atoms with Crippen LogP contribution < -0.4 is 5.32 Å². The number of rotatable bonds is 0. The lowest BCUT2D eigenvalue weighted by Gasteiger charge is -2.24. The van der Waals surface area contributed by atoms with Gasteiger partial charge in [0.1, 0.15) is 0 Å². The fraction of sp³-hybridized carbons (Fsp3) is 0.455. The van der Waals surface area contributed by atoms with Crippen molar-refractivity contribution in [3.05, 3.63) is 24.0 Å². The Hall–Kier alpha value is -1.38. The van der Waals surface area contributed by atoms with Crippen molar-refractivity contribution in [1.82, 2.24) is 4.98 Å². The number of nitrogens with zero attached hydrogens (tertiary/aromatic N) is 1. The first kappa shape index (κ1) is 9.19. The molecule has 0 aliphatic carbocycles. The van der Waals surface area contributed by atoms with E-state index in [2.05, 4.69) is 31.1 Å². The Morgan fingerprint density at radius 1 is 1.43 bits per heavy atom. The van der Waals surface area contributed by atoms with Crippen molar-refractivity contribution in [2.24, 2.45) is 5.41 Å².